The molecule has 0 spiro atoms. The van der Waals surface area contributed by atoms with Gasteiger partial charge in [-0.3, -0.25) is 4.79 Å². The van der Waals surface area contributed by atoms with Gasteiger partial charge in [-0.15, -0.1) is 12.6 Å². The van der Waals surface area contributed by atoms with Crippen LogP contribution in [-0.2, 0) is 11.2 Å². The number of carboxylic acids is 1. The molecule has 1 aromatic heterocycles. The molecule has 3 nitrogen and oxygen atoms in total. The van der Waals surface area contributed by atoms with Crippen molar-refractivity contribution in [1.82, 2.24) is 4.98 Å². The lowest BCUT2D eigenvalue weighted by Gasteiger charge is -2.06. The maximum Gasteiger partial charge on any atom is 0.319 e. The maximum atomic E-state index is 9.97. The van der Waals surface area contributed by atoms with Gasteiger partial charge in [0, 0.05) is 6.20 Å². The zero-order valence-electron chi connectivity index (χ0n) is 10.3. The van der Waals surface area contributed by atoms with E-state index in [1.54, 1.807) is 20.0 Å². The molecule has 0 aliphatic heterocycles. The van der Waals surface area contributed by atoms with Crippen LogP contribution in [0.4, 0.5) is 0 Å². The van der Waals surface area contributed by atoms with E-state index in [4.69, 9.17) is 5.11 Å². The largest absolute Gasteiger partial charge is 0.480 e. The van der Waals surface area contributed by atoms with Crippen molar-refractivity contribution in [2.24, 2.45) is 0 Å². The molecule has 1 heterocycles. The van der Waals surface area contributed by atoms with Gasteiger partial charge in [0.15, 0.2) is 0 Å². The summed E-state index contributed by atoms with van der Waals surface area (Å²) in [7, 11) is 0. The van der Waals surface area contributed by atoms with E-state index in [0.29, 0.717) is 0 Å². The van der Waals surface area contributed by atoms with Crippen molar-refractivity contribution < 1.29 is 9.90 Å². The molecule has 0 aromatic carbocycles. The van der Waals surface area contributed by atoms with Gasteiger partial charge in [-0.2, -0.15) is 0 Å². The monoisotopic (exact) mass is 319 g/mol. The molecule has 1 N–H and O–H groups in total. The van der Waals surface area contributed by atoms with Crippen LogP contribution in [0.25, 0.3) is 0 Å². The van der Waals surface area contributed by atoms with E-state index in [-0.39, 0.29) is 0 Å². The molecule has 1 rings (SSSR count). The zero-order chi connectivity index (χ0) is 13.5. The first-order valence-electron chi connectivity index (χ1n) is 5.34. The van der Waals surface area contributed by atoms with Gasteiger partial charge in [-0.1, -0.05) is 35.3 Å². The Kier molecular flexibility index (Phi) is 7.46. The third-order valence-corrected chi connectivity index (χ3v) is 2.64. The Bertz CT molecular complexity index is 364. The molecule has 5 heteroatoms. The molecule has 0 saturated carbocycles. The zero-order valence-corrected chi connectivity index (χ0v) is 12.8. The van der Waals surface area contributed by atoms with Crippen molar-refractivity contribution in [3.8, 4) is 0 Å². The van der Waals surface area contributed by atoms with Crippen molar-refractivity contribution in [2.45, 2.75) is 43.0 Å². The minimum Gasteiger partial charge on any atom is -0.480 e. The fourth-order valence-electron chi connectivity index (χ4n) is 0.895. The number of hydrogen-bond acceptors (Lipinski definition) is 3. The van der Waals surface area contributed by atoms with Gasteiger partial charge >= 0.3 is 5.97 Å². The number of thiol groups is 1. The SMILES string of the molecule is CC(C)(Br)C(=O)O.CCCc1cccnc1S. The molecule has 96 valence electrons. The molecule has 1 aromatic rings. The Hall–Kier alpha value is -0.550. The summed E-state index contributed by atoms with van der Waals surface area (Å²) in [6.45, 7) is 5.31. The van der Waals surface area contributed by atoms with E-state index in [2.05, 4.69) is 46.5 Å². The lowest BCUT2D eigenvalue weighted by atomic mass is 10.2. The molecule has 0 fully saturated rings. The van der Waals surface area contributed by atoms with Gasteiger partial charge in [0.1, 0.15) is 4.32 Å². The van der Waals surface area contributed by atoms with Crippen LogP contribution in [0.1, 0.15) is 32.8 Å². The summed E-state index contributed by atoms with van der Waals surface area (Å²) in [6.07, 6.45) is 3.99. The number of aromatic nitrogens is 1. The molecule has 0 aliphatic rings. The normalized spacial score (nSPS) is 10.4. The van der Waals surface area contributed by atoms with Crippen molar-refractivity contribution >= 4 is 34.5 Å². The van der Waals surface area contributed by atoms with Crippen LogP contribution in [0.2, 0.25) is 0 Å². The number of aliphatic carboxylic acids is 1. The van der Waals surface area contributed by atoms with Crippen molar-refractivity contribution in [2.75, 3.05) is 0 Å². The van der Waals surface area contributed by atoms with Crippen LogP contribution >= 0.6 is 28.6 Å². The lowest BCUT2D eigenvalue weighted by molar-refractivity contribution is -0.138. The highest BCUT2D eigenvalue weighted by Gasteiger charge is 2.21. The van der Waals surface area contributed by atoms with Crippen LogP contribution < -0.4 is 0 Å². The minimum atomic E-state index is -0.840. The minimum absolute atomic E-state index is 0.771. The summed E-state index contributed by atoms with van der Waals surface area (Å²) < 4.78 is -0.771. The standard InChI is InChI=1S/C8H11NS.C4H7BrO2/c1-2-4-7-5-3-6-9-8(7)10;1-4(2,5)3(6)7/h3,5-6H,2,4H2,1H3,(H,9,10);1-2H3,(H,6,7). The molecule has 0 bridgehead atoms. The van der Waals surface area contributed by atoms with Gasteiger partial charge in [0.2, 0.25) is 0 Å². The van der Waals surface area contributed by atoms with Gasteiger partial charge in [-0.05, 0) is 31.9 Å². The van der Waals surface area contributed by atoms with Crippen LogP contribution in [0.5, 0.6) is 0 Å². The van der Waals surface area contributed by atoms with E-state index < -0.39 is 10.3 Å². The van der Waals surface area contributed by atoms with Crippen LogP contribution in [0.3, 0.4) is 0 Å². The molecular weight excluding hydrogens is 302 g/mol. The van der Waals surface area contributed by atoms with E-state index in [1.807, 2.05) is 6.07 Å². The number of carbonyl (C=O) groups is 1. The second kappa shape index (κ2) is 7.71. The summed E-state index contributed by atoms with van der Waals surface area (Å²) >= 11 is 7.16. The van der Waals surface area contributed by atoms with Crippen LogP contribution in [-0.4, -0.2) is 20.4 Å². The summed E-state index contributed by atoms with van der Waals surface area (Å²) in [6, 6.07) is 4.02. The Labute approximate surface area is 116 Å². The number of halogens is 1. The highest BCUT2D eigenvalue weighted by atomic mass is 79.9. The first-order valence-corrected chi connectivity index (χ1v) is 6.58. The first kappa shape index (κ1) is 16.4. The number of hydrogen-bond donors (Lipinski definition) is 2. The second-order valence-corrected chi connectivity index (χ2v) is 6.42. The van der Waals surface area contributed by atoms with Crippen molar-refractivity contribution in [3.63, 3.8) is 0 Å². The van der Waals surface area contributed by atoms with Gasteiger partial charge in [0.25, 0.3) is 0 Å². The number of aryl methyl sites for hydroxylation is 1. The predicted molar refractivity (Wildman–Crippen MR) is 76.1 cm³/mol. The quantitative estimate of drug-likeness (QED) is 0.661. The highest BCUT2D eigenvalue weighted by Crippen LogP contribution is 2.14. The first-order chi connectivity index (χ1) is 7.79. The summed E-state index contributed by atoms with van der Waals surface area (Å²) in [5, 5.41) is 9.07. The van der Waals surface area contributed by atoms with Gasteiger partial charge < -0.3 is 5.11 Å². The third kappa shape index (κ3) is 7.39. The molecule has 0 unspecified atom stereocenters. The lowest BCUT2D eigenvalue weighted by Crippen LogP contribution is -2.22. The third-order valence-electron chi connectivity index (χ3n) is 1.90. The Morgan fingerprint density at radius 1 is 1.59 bits per heavy atom. The van der Waals surface area contributed by atoms with E-state index >= 15 is 0 Å². The Morgan fingerprint density at radius 3 is 2.47 bits per heavy atom. The molecule has 0 atom stereocenters. The molecule has 0 amide bonds. The topological polar surface area (TPSA) is 50.2 Å². The predicted octanol–water partition coefficient (Wildman–Crippen LogP) is 3.57. The Morgan fingerprint density at radius 2 is 2.12 bits per heavy atom. The average Bonchev–Trinajstić information content (AvgIpc) is 2.21. The molecular formula is C12H18BrNO2S. The number of pyridine rings is 1. The smallest absolute Gasteiger partial charge is 0.319 e. The Balaban J connectivity index is 0.000000325. The average molecular weight is 320 g/mol. The number of carboxylic acid groups (broad SMARTS) is 1. The molecule has 0 radical (unpaired) electrons. The van der Waals surface area contributed by atoms with Crippen molar-refractivity contribution in [1.29, 1.82) is 0 Å². The fourth-order valence-corrected chi connectivity index (χ4v) is 1.15. The number of nitrogens with zero attached hydrogens (tertiary/aromatic N) is 1. The fraction of sp³-hybridized carbons (Fsp3) is 0.500. The maximum absolute atomic E-state index is 9.97. The van der Waals surface area contributed by atoms with E-state index in [0.717, 1.165) is 17.9 Å². The second-order valence-electron chi connectivity index (χ2n) is 4.01. The van der Waals surface area contributed by atoms with E-state index in [1.165, 1.54) is 5.56 Å². The number of rotatable bonds is 3. The number of alkyl halides is 1. The molecule has 0 saturated heterocycles. The van der Waals surface area contributed by atoms with Gasteiger partial charge in [0.05, 0.1) is 5.03 Å². The highest BCUT2D eigenvalue weighted by molar-refractivity contribution is 9.10. The summed E-state index contributed by atoms with van der Waals surface area (Å²) in [4.78, 5) is 14.0. The van der Waals surface area contributed by atoms with Crippen LogP contribution in [0, 0.1) is 0 Å². The van der Waals surface area contributed by atoms with Crippen LogP contribution in [0.15, 0.2) is 23.4 Å². The van der Waals surface area contributed by atoms with Crippen molar-refractivity contribution in [3.05, 3.63) is 23.9 Å². The summed E-state index contributed by atoms with van der Waals surface area (Å²) in [5.41, 5.74) is 1.24. The molecule has 17 heavy (non-hydrogen) atoms. The summed E-state index contributed by atoms with van der Waals surface area (Å²) in [5.74, 6) is -0.840. The van der Waals surface area contributed by atoms with Gasteiger partial charge in [-0.25, -0.2) is 4.98 Å². The van der Waals surface area contributed by atoms with E-state index in [9.17, 15) is 4.79 Å². The molecule has 0 aliphatic carbocycles.